The molecule has 4 rings (SSSR count). The van der Waals surface area contributed by atoms with E-state index < -0.39 is 27.2 Å². The monoisotopic (exact) mass is 521 g/mol. The number of pyridine rings is 1. The van der Waals surface area contributed by atoms with Gasteiger partial charge in [-0.15, -0.1) is 0 Å². The molecule has 2 aromatic heterocycles. The number of aromatic amines is 1. The van der Waals surface area contributed by atoms with Crippen LogP contribution in [0.15, 0.2) is 41.3 Å². The molecular weight excluding hydrogens is 497 g/mol. The summed E-state index contributed by atoms with van der Waals surface area (Å²) in [7, 11) is -4.03. The van der Waals surface area contributed by atoms with Gasteiger partial charge in [-0.3, -0.25) is 19.4 Å². The average Bonchev–Trinajstić information content (AvgIpc) is 3.27. The summed E-state index contributed by atoms with van der Waals surface area (Å²) < 4.78 is 42.0. The lowest BCUT2D eigenvalue weighted by Crippen LogP contribution is -2.37. The van der Waals surface area contributed by atoms with Gasteiger partial charge in [-0.2, -0.15) is 5.10 Å². The predicted octanol–water partition coefficient (Wildman–Crippen LogP) is 2.54. The Morgan fingerprint density at radius 1 is 1.31 bits per heavy atom. The standard InChI is InChI=1S/C23H25ClFN5O4S/c1-14-2-6-21(29-35(33,34)13-16-4-5-18(25)9-19(16)24)23(32)30(14)12-22(31)26-10-15-3-7-20-17(8-15)11-27-28-20/h2,4-6,9,11,15,29H,3,7-8,10,12-13H2,1H3,(H,26,31)(H,27,28). The molecule has 3 N–H and O–H groups in total. The van der Waals surface area contributed by atoms with E-state index in [1.165, 1.54) is 16.7 Å². The number of nitrogens with zero attached hydrogens (tertiary/aromatic N) is 2. The first-order valence-electron chi connectivity index (χ1n) is 11.0. The number of fused-ring (bicyclic) bond motifs is 1. The summed E-state index contributed by atoms with van der Waals surface area (Å²) in [6.07, 6.45) is 4.42. The molecule has 1 aromatic carbocycles. The number of rotatable bonds is 8. The fourth-order valence-corrected chi connectivity index (χ4v) is 5.65. The number of benzene rings is 1. The third-order valence-corrected chi connectivity index (χ3v) is 7.60. The normalized spacial score (nSPS) is 15.5. The van der Waals surface area contributed by atoms with Crippen LogP contribution < -0.4 is 15.6 Å². The minimum atomic E-state index is -4.03. The van der Waals surface area contributed by atoms with E-state index in [9.17, 15) is 22.4 Å². The SMILES string of the molecule is Cc1ccc(NS(=O)(=O)Cc2ccc(F)cc2Cl)c(=O)n1CC(=O)NCC1CCc2[nH]ncc2C1. The molecule has 0 saturated heterocycles. The Labute approximate surface area is 206 Å². The van der Waals surface area contributed by atoms with Gasteiger partial charge in [0.25, 0.3) is 5.56 Å². The summed E-state index contributed by atoms with van der Waals surface area (Å²) in [6.45, 7) is 1.89. The first kappa shape index (κ1) is 24.9. The maximum Gasteiger partial charge on any atom is 0.275 e. The van der Waals surface area contributed by atoms with Crippen molar-refractivity contribution in [3.05, 3.63) is 80.2 Å². The number of aromatic nitrogens is 3. The Kier molecular flexibility index (Phi) is 7.27. The van der Waals surface area contributed by atoms with Gasteiger partial charge in [0.1, 0.15) is 18.0 Å². The van der Waals surface area contributed by atoms with Crippen molar-refractivity contribution in [1.82, 2.24) is 20.1 Å². The summed E-state index contributed by atoms with van der Waals surface area (Å²) in [6, 6.07) is 6.30. The molecule has 1 unspecified atom stereocenters. The number of halogens is 2. The molecule has 35 heavy (non-hydrogen) atoms. The molecule has 1 amide bonds. The number of sulfonamides is 1. The van der Waals surface area contributed by atoms with Crippen molar-refractivity contribution in [3.63, 3.8) is 0 Å². The minimum absolute atomic E-state index is 0.0321. The number of carbonyl (C=O) groups excluding carboxylic acids is 1. The fourth-order valence-electron chi connectivity index (χ4n) is 4.12. The molecule has 186 valence electrons. The smallest absolute Gasteiger partial charge is 0.275 e. The second kappa shape index (κ2) is 10.2. The molecule has 9 nitrogen and oxygen atoms in total. The van der Waals surface area contributed by atoms with Crippen LogP contribution in [0.2, 0.25) is 5.02 Å². The molecule has 0 aliphatic heterocycles. The second-order valence-corrected chi connectivity index (χ2v) is 10.8. The highest BCUT2D eigenvalue weighted by Gasteiger charge is 2.21. The average molecular weight is 522 g/mol. The van der Waals surface area contributed by atoms with Crippen molar-refractivity contribution in [1.29, 1.82) is 0 Å². The predicted molar refractivity (Wildman–Crippen MR) is 130 cm³/mol. The van der Waals surface area contributed by atoms with E-state index in [4.69, 9.17) is 11.6 Å². The molecule has 0 radical (unpaired) electrons. The number of aryl methyl sites for hydroxylation is 2. The molecule has 2 heterocycles. The molecule has 0 bridgehead atoms. The van der Waals surface area contributed by atoms with Crippen LogP contribution in [0.1, 0.15) is 28.9 Å². The Hall–Kier alpha value is -3.18. The lowest BCUT2D eigenvalue weighted by Gasteiger charge is -2.22. The third-order valence-electron chi connectivity index (χ3n) is 6.03. The zero-order valence-corrected chi connectivity index (χ0v) is 20.5. The van der Waals surface area contributed by atoms with Gasteiger partial charge in [0.05, 0.1) is 11.9 Å². The van der Waals surface area contributed by atoms with Crippen molar-refractivity contribution in [3.8, 4) is 0 Å². The van der Waals surface area contributed by atoms with Gasteiger partial charge in [-0.05, 0) is 67.5 Å². The van der Waals surface area contributed by atoms with Crippen LogP contribution in [0.3, 0.4) is 0 Å². The molecule has 1 aliphatic carbocycles. The van der Waals surface area contributed by atoms with Gasteiger partial charge in [0.15, 0.2) is 0 Å². The summed E-state index contributed by atoms with van der Waals surface area (Å²) in [4.78, 5) is 25.5. The zero-order valence-electron chi connectivity index (χ0n) is 19.0. The van der Waals surface area contributed by atoms with E-state index in [1.807, 2.05) is 6.20 Å². The number of hydrogen-bond donors (Lipinski definition) is 3. The van der Waals surface area contributed by atoms with Crippen LogP contribution in [0, 0.1) is 18.7 Å². The Morgan fingerprint density at radius 2 is 2.11 bits per heavy atom. The van der Waals surface area contributed by atoms with Gasteiger partial charge in [0.2, 0.25) is 15.9 Å². The molecular formula is C23H25ClFN5O4S. The quantitative estimate of drug-likeness (QED) is 0.420. The van der Waals surface area contributed by atoms with E-state index in [0.717, 1.165) is 42.7 Å². The number of carbonyl (C=O) groups is 1. The first-order chi connectivity index (χ1) is 16.6. The Morgan fingerprint density at radius 3 is 2.89 bits per heavy atom. The van der Waals surface area contributed by atoms with Crippen molar-refractivity contribution >= 4 is 33.2 Å². The minimum Gasteiger partial charge on any atom is -0.354 e. The van der Waals surface area contributed by atoms with Crippen LogP contribution in [-0.2, 0) is 40.0 Å². The second-order valence-electron chi connectivity index (χ2n) is 8.66. The van der Waals surface area contributed by atoms with Crippen molar-refractivity contribution in [2.75, 3.05) is 11.3 Å². The van der Waals surface area contributed by atoms with Gasteiger partial charge in [0, 0.05) is 23.0 Å². The first-order valence-corrected chi connectivity index (χ1v) is 13.1. The number of amides is 1. The van der Waals surface area contributed by atoms with E-state index in [-0.39, 0.29) is 34.6 Å². The Balaban J connectivity index is 1.40. The molecule has 3 aromatic rings. The molecule has 1 atom stereocenters. The molecule has 0 saturated carbocycles. The highest BCUT2D eigenvalue weighted by molar-refractivity contribution is 7.91. The number of H-pyrrole nitrogens is 1. The largest absolute Gasteiger partial charge is 0.354 e. The van der Waals surface area contributed by atoms with Gasteiger partial charge in [-0.1, -0.05) is 17.7 Å². The maximum atomic E-state index is 13.2. The Bertz CT molecular complexity index is 1420. The van der Waals surface area contributed by atoms with Crippen molar-refractivity contribution in [2.24, 2.45) is 5.92 Å². The zero-order chi connectivity index (χ0) is 25.2. The molecule has 12 heteroatoms. The molecule has 0 fully saturated rings. The van der Waals surface area contributed by atoms with E-state index in [0.29, 0.717) is 12.2 Å². The van der Waals surface area contributed by atoms with Gasteiger partial charge in [-0.25, -0.2) is 12.8 Å². The summed E-state index contributed by atoms with van der Waals surface area (Å²) in [5.74, 6) is -1.19. The summed E-state index contributed by atoms with van der Waals surface area (Å²) in [5, 5.41) is 9.88. The van der Waals surface area contributed by atoms with E-state index in [2.05, 4.69) is 20.2 Å². The maximum absolute atomic E-state index is 13.2. The topological polar surface area (TPSA) is 126 Å². The molecule has 1 aliphatic rings. The number of hydrogen-bond acceptors (Lipinski definition) is 5. The van der Waals surface area contributed by atoms with E-state index >= 15 is 0 Å². The summed E-state index contributed by atoms with van der Waals surface area (Å²) in [5.41, 5.74) is 2.16. The van der Waals surface area contributed by atoms with Crippen molar-refractivity contribution in [2.45, 2.75) is 38.5 Å². The lowest BCUT2D eigenvalue weighted by atomic mass is 9.88. The molecule has 0 spiro atoms. The highest BCUT2D eigenvalue weighted by atomic mass is 35.5. The van der Waals surface area contributed by atoms with Crippen LogP contribution in [0.4, 0.5) is 10.1 Å². The van der Waals surface area contributed by atoms with Crippen LogP contribution >= 0.6 is 11.6 Å². The number of anilines is 1. The fraction of sp³-hybridized carbons (Fsp3) is 0.348. The van der Waals surface area contributed by atoms with Gasteiger partial charge >= 0.3 is 0 Å². The number of nitrogens with one attached hydrogen (secondary N) is 3. The summed E-state index contributed by atoms with van der Waals surface area (Å²) >= 11 is 5.93. The van der Waals surface area contributed by atoms with Crippen LogP contribution in [0.5, 0.6) is 0 Å². The third kappa shape index (κ3) is 6.09. The van der Waals surface area contributed by atoms with Crippen LogP contribution in [0.25, 0.3) is 0 Å². The van der Waals surface area contributed by atoms with Gasteiger partial charge < -0.3 is 9.88 Å². The van der Waals surface area contributed by atoms with Crippen molar-refractivity contribution < 1.29 is 17.6 Å². The highest BCUT2D eigenvalue weighted by Crippen LogP contribution is 2.23. The lowest BCUT2D eigenvalue weighted by molar-refractivity contribution is -0.121. The van der Waals surface area contributed by atoms with E-state index in [1.54, 1.807) is 13.0 Å². The van der Waals surface area contributed by atoms with Crippen LogP contribution in [-0.4, -0.2) is 35.6 Å².